The minimum atomic E-state index is -4.74. The number of hydrogen-bond acceptors (Lipinski definition) is 3. The highest BCUT2D eigenvalue weighted by Crippen LogP contribution is 2.37. The van der Waals surface area contributed by atoms with Crippen LogP contribution in [0, 0.1) is 13.8 Å². The molecule has 10 heteroatoms. The molecule has 0 aliphatic rings. The van der Waals surface area contributed by atoms with Crippen molar-refractivity contribution in [2.24, 2.45) is 0 Å². The Morgan fingerprint density at radius 1 is 1.03 bits per heavy atom. The van der Waals surface area contributed by atoms with Crippen LogP contribution in [0.5, 0.6) is 0 Å². The van der Waals surface area contributed by atoms with E-state index in [0.717, 1.165) is 28.8 Å². The van der Waals surface area contributed by atoms with E-state index in [9.17, 15) is 26.4 Å². The fourth-order valence-corrected chi connectivity index (χ4v) is 5.61. The second kappa shape index (κ2) is 10.9. The fourth-order valence-electron chi connectivity index (χ4n) is 3.89. The molecule has 0 aromatic heterocycles. The third-order valence-electron chi connectivity index (χ3n) is 5.70. The molecular weight excluding hydrogens is 513 g/mol. The molecule has 192 valence electrons. The first kappa shape index (κ1) is 27.5. The van der Waals surface area contributed by atoms with E-state index in [1.165, 1.54) is 24.3 Å². The number of hydrogen-bond donors (Lipinski definition) is 1. The lowest BCUT2D eigenvalue weighted by Crippen LogP contribution is -2.42. The van der Waals surface area contributed by atoms with Crippen LogP contribution in [0.15, 0.2) is 71.6 Å². The average molecular weight is 539 g/mol. The molecule has 0 spiro atoms. The van der Waals surface area contributed by atoms with E-state index < -0.39 is 45.9 Å². The number of rotatable bonds is 8. The van der Waals surface area contributed by atoms with Crippen molar-refractivity contribution >= 4 is 33.2 Å². The highest BCUT2D eigenvalue weighted by atomic mass is 35.5. The molecule has 3 rings (SSSR count). The minimum absolute atomic E-state index is 0.187. The number of aryl methyl sites for hydroxylation is 2. The van der Waals surface area contributed by atoms with Crippen LogP contribution >= 0.6 is 11.6 Å². The SMILES string of the molecule is CCC(NC(=O)CN(c1cc(C(F)(F)F)ccc1Cl)S(=O)(=O)c1ccccc1)c1ccc(C)cc1C. The first-order valence-electron chi connectivity index (χ1n) is 11.2. The normalized spacial score (nSPS) is 12.8. The Kier molecular flexibility index (Phi) is 8.36. The average Bonchev–Trinajstić information content (AvgIpc) is 2.81. The van der Waals surface area contributed by atoms with Crippen LogP contribution in [0.25, 0.3) is 0 Å². The summed E-state index contributed by atoms with van der Waals surface area (Å²) in [6.07, 6.45) is -4.22. The maximum absolute atomic E-state index is 13.5. The summed E-state index contributed by atoms with van der Waals surface area (Å²) in [5, 5.41) is 2.58. The maximum atomic E-state index is 13.5. The molecule has 5 nitrogen and oxygen atoms in total. The van der Waals surface area contributed by atoms with E-state index >= 15 is 0 Å². The van der Waals surface area contributed by atoms with Crippen molar-refractivity contribution in [3.8, 4) is 0 Å². The van der Waals surface area contributed by atoms with Gasteiger partial charge in [0.15, 0.2) is 0 Å². The topological polar surface area (TPSA) is 66.5 Å². The van der Waals surface area contributed by atoms with E-state index in [0.29, 0.717) is 16.8 Å². The smallest absolute Gasteiger partial charge is 0.348 e. The van der Waals surface area contributed by atoms with Crippen LogP contribution < -0.4 is 9.62 Å². The van der Waals surface area contributed by atoms with Crippen LogP contribution in [0.4, 0.5) is 18.9 Å². The summed E-state index contributed by atoms with van der Waals surface area (Å²) in [7, 11) is -4.43. The third kappa shape index (κ3) is 6.20. The Balaban J connectivity index is 2.03. The highest BCUT2D eigenvalue weighted by Gasteiger charge is 2.34. The molecule has 1 unspecified atom stereocenters. The van der Waals surface area contributed by atoms with Gasteiger partial charge in [0, 0.05) is 0 Å². The van der Waals surface area contributed by atoms with Crippen molar-refractivity contribution < 1.29 is 26.4 Å². The van der Waals surface area contributed by atoms with E-state index in [1.54, 1.807) is 6.07 Å². The highest BCUT2D eigenvalue weighted by molar-refractivity contribution is 7.92. The van der Waals surface area contributed by atoms with Gasteiger partial charge in [-0.3, -0.25) is 9.10 Å². The second-order valence-electron chi connectivity index (χ2n) is 8.38. The zero-order valence-corrected chi connectivity index (χ0v) is 21.5. The molecule has 1 N–H and O–H groups in total. The van der Waals surface area contributed by atoms with E-state index in [-0.39, 0.29) is 9.92 Å². The van der Waals surface area contributed by atoms with Crippen LogP contribution in [-0.2, 0) is 21.0 Å². The van der Waals surface area contributed by atoms with Crippen LogP contribution in [-0.4, -0.2) is 20.9 Å². The van der Waals surface area contributed by atoms with Gasteiger partial charge < -0.3 is 5.32 Å². The molecule has 0 heterocycles. The second-order valence-corrected chi connectivity index (χ2v) is 10.6. The number of nitrogens with zero attached hydrogens (tertiary/aromatic N) is 1. The molecule has 0 aliphatic heterocycles. The van der Waals surface area contributed by atoms with Crippen molar-refractivity contribution in [1.29, 1.82) is 0 Å². The van der Waals surface area contributed by atoms with Gasteiger partial charge in [-0.1, -0.05) is 60.5 Å². The monoisotopic (exact) mass is 538 g/mol. The Morgan fingerprint density at radius 3 is 2.28 bits per heavy atom. The van der Waals surface area contributed by atoms with Gasteiger partial charge in [0.25, 0.3) is 10.0 Å². The predicted molar refractivity (Wildman–Crippen MR) is 135 cm³/mol. The summed E-state index contributed by atoms with van der Waals surface area (Å²) in [5.74, 6) is -0.685. The maximum Gasteiger partial charge on any atom is 0.416 e. The summed E-state index contributed by atoms with van der Waals surface area (Å²) in [5.41, 5.74) is 1.35. The largest absolute Gasteiger partial charge is 0.416 e. The Hall–Kier alpha value is -3.04. The van der Waals surface area contributed by atoms with Crippen LogP contribution in [0.3, 0.4) is 0 Å². The first-order valence-corrected chi connectivity index (χ1v) is 13.0. The lowest BCUT2D eigenvalue weighted by Gasteiger charge is -2.27. The predicted octanol–water partition coefficient (Wildman–Crippen LogP) is 6.44. The number of nitrogens with one attached hydrogen (secondary N) is 1. The van der Waals surface area contributed by atoms with Gasteiger partial charge in [-0.2, -0.15) is 13.2 Å². The summed E-state index contributed by atoms with van der Waals surface area (Å²) in [6, 6.07) is 14.9. The van der Waals surface area contributed by atoms with E-state index in [1.807, 2.05) is 39.0 Å². The summed E-state index contributed by atoms with van der Waals surface area (Å²) in [6.45, 7) is 4.96. The summed E-state index contributed by atoms with van der Waals surface area (Å²) in [4.78, 5) is 12.9. The van der Waals surface area contributed by atoms with Gasteiger partial charge in [-0.05, 0) is 61.7 Å². The minimum Gasteiger partial charge on any atom is -0.348 e. The number of carbonyl (C=O) groups excluding carboxylic acids is 1. The molecule has 0 aliphatic carbocycles. The molecule has 0 fully saturated rings. The van der Waals surface area contributed by atoms with Crippen LogP contribution in [0.2, 0.25) is 5.02 Å². The number of amides is 1. The number of alkyl halides is 3. The van der Waals surface area contributed by atoms with E-state index in [2.05, 4.69) is 5.32 Å². The summed E-state index contributed by atoms with van der Waals surface area (Å²) >= 11 is 6.18. The fraction of sp³-hybridized carbons (Fsp3) is 0.269. The molecule has 3 aromatic rings. The molecule has 36 heavy (non-hydrogen) atoms. The van der Waals surface area contributed by atoms with Gasteiger partial charge >= 0.3 is 6.18 Å². The molecule has 1 atom stereocenters. The lowest BCUT2D eigenvalue weighted by molar-refractivity contribution is -0.137. The van der Waals surface area contributed by atoms with Gasteiger partial charge in [0.05, 0.1) is 27.2 Å². The summed E-state index contributed by atoms with van der Waals surface area (Å²) < 4.78 is 67.9. The molecule has 0 bridgehead atoms. The number of halogens is 4. The molecule has 0 saturated carbocycles. The number of carbonyl (C=O) groups is 1. The Morgan fingerprint density at radius 2 is 1.69 bits per heavy atom. The van der Waals surface area contributed by atoms with Gasteiger partial charge in [0.1, 0.15) is 6.54 Å². The molecule has 3 aromatic carbocycles. The van der Waals surface area contributed by atoms with Crippen molar-refractivity contribution in [3.63, 3.8) is 0 Å². The number of sulfonamides is 1. The van der Waals surface area contributed by atoms with Crippen molar-refractivity contribution in [2.45, 2.75) is 44.3 Å². The molecular formula is C26H26ClF3N2O3S. The van der Waals surface area contributed by atoms with Crippen molar-refractivity contribution in [3.05, 3.63) is 94.0 Å². The van der Waals surface area contributed by atoms with Crippen molar-refractivity contribution in [1.82, 2.24) is 5.32 Å². The molecule has 1 amide bonds. The quantitative estimate of drug-likeness (QED) is 0.359. The first-order chi connectivity index (χ1) is 16.8. The van der Waals surface area contributed by atoms with Crippen LogP contribution in [0.1, 0.15) is 41.6 Å². The lowest BCUT2D eigenvalue weighted by atomic mass is 9.97. The number of anilines is 1. The van der Waals surface area contributed by atoms with Gasteiger partial charge in [-0.25, -0.2) is 8.42 Å². The van der Waals surface area contributed by atoms with Gasteiger partial charge in [0.2, 0.25) is 5.91 Å². The third-order valence-corrected chi connectivity index (χ3v) is 7.80. The zero-order chi connectivity index (χ0) is 26.7. The van der Waals surface area contributed by atoms with Crippen molar-refractivity contribution in [2.75, 3.05) is 10.8 Å². The molecule has 0 saturated heterocycles. The van der Waals surface area contributed by atoms with E-state index in [4.69, 9.17) is 11.6 Å². The number of benzene rings is 3. The standard InChI is InChI=1S/C26H26ClF3N2O3S/c1-4-23(21-12-10-17(2)14-18(21)3)31-25(33)16-32(36(34,35)20-8-6-5-7-9-20)24-15-19(26(28,29)30)11-13-22(24)27/h5-15,23H,4,16H2,1-3H3,(H,31,33). The molecule has 0 radical (unpaired) electrons. The Labute approximate surface area is 213 Å². The Bertz CT molecular complexity index is 1350. The van der Waals surface area contributed by atoms with Gasteiger partial charge in [-0.15, -0.1) is 0 Å². The zero-order valence-electron chi connectivity index (χ0n) is 19.9.